The maximum Gasteiger partial charge on any atom is 0.325 e. The van der Waals surface area contributed by atoms with E-state index < -0.39 is 0 Å². The van der Waals surface area contributed by atoms with Crippen molar-refractivity contribution in [2.75, 3.05) is 6.54 Å². The first-order valence-corrected chi connectivity index (χ1v) is 5.50. The van der Waals surface area contributed by atoms with Crippen molar-refractivity contribution in [1.82, 2.24) is 5.32 Å². The number of carbonyl (C=O) groups excluding carboxylic acids is 1. The van der Waals surface area contributed by atoms with Crippen LogP contribution in [0.1, 0.15) is 40.0 Å². The highest BCUT2D eigenvalue weighted by atomic mass is 16.5. The Bertz CT molecular complexity index is 192. The van der Waals surface area contributed by atoms with Crippen LogP contribution in [0.3, 0.4) is 0 Å². The van der Waals surface area contributed by atoms with Gasteiger partial charge in [-0.15, -0.1) is 0 Å². The van der Waals surface area contributed by atoms with E-state index >= 15 is 0 Å². The number of hydrogen-bond acceptors (Lipinski definition) is 2. The van der Waals surface area contributed by atoms with Gasteiger partial charge in [0.05, 0.1) is 6.10 Å². The maximum absolute atomic E-state index is 11.6. The maximum atomic E-state index is 11.6. The quantitative estimate of drug-likeness (QED) is 0.648. The summed E-state index contributed by atoms with van der Waals surface area (Å²) < 4.78 is 5.15. The van der Waals surface area contributed by atoms with Gasteiger partial charge in [-0.25, -0.2) is 5.32 Å². The minimum atomic E-state index is -0.198. The molecule has 2 atom stereocenters. The third kappa shape index (κ3) is 3.29. The number of ether oxygens (including phenoxy) is 1. The zero-order valence-corrected chi connectivity index (χ0v) is 9.32. The Morgan fingerprint density at radius 2 is 2.29 bits per heavy atom. The highest BCUT2D eigenvalue weighted by Gasteiger charge is 2.28. The molecule has 3 nitrogen and oxygen atoms in total. The van der Waals surface area contributed by atoms with Crippen molar-refractivity contribution >= 4 is 5.97 Å². The summed E-state index contributed by atoms with van der Waals surface area (Å²) in [6.07, 6.45) is 3.12. The van der Waals surface area contributed by atoms with Gasteiger partial charge in [-0.05, 0) is 32.6 Å². The molecule has 0 saturated carbocycles. The van der Waals surface area contributed by atoms with Crippen LogP contribution in [0.25, 0.3) is 0 Å². The van der Waals surface area contributed by atoms with E-state index in [1.807, 2.05) is 13.8 Å². The Morgan fingerprint density at radius 1 is 1.57 bits per heavy atom. The number of nitrogens with zero attached hydrogens (tertiary/aromatic N) is 1. The summed E-state index contributed by atoms with van der Waals surface area (Å²) in [5, 5.41) is 4.31. The molecule has 0 N–H and O–H groups in total. The first kappa shape index (κ1) is 11.5. The first-order valence-electron chi connectivity index (χ1n) is 5.50. The molecule has 81 valence electrons. The van der Waals surface area contributed by atoms with Gasteiger partial charge in [0.2, 0.25) is 0 Å². The van der Waals surface area contributed by atoms with Crippen molar-refractivity contribution in [3.63, 3.8) is 0 Å². The number of hydrogen-bond donors (Lipinski definition) is 0. The Labute approximate surface area is 86.2 Å². The van der Waals surface area contributed by atoms with Crippen LogP contribution in [0.15, 0.2) is 0 Å². The van der Waals surface area contributed by atoms with Crippen molar-refractivity contribution in [2.24, 2.45) is 5.92 Å². The molecule has 1 rings (SSSR count). The van der Waals surface area contributed by atoms with Crippen LogP contribution < -0.4 is 5.32 Å². The molecule has 0 aromatic carbocycles. The van der Waals surface area contributed by atoms with Crippen LogP contribution in [0.2, 0.25) is 0 Å². The van der Waals surface area contributed by atoms with E-state index in [9.17, 15) is 4.79 Å². The van der Waals surface area contributed by atoms with Gasteiger partial charge in [0.1, 0.15) is 6.04 Å². The molecule has 1 saturated heterocycles. The number of piperidine rings is 1. The van der Waals surface area contributed by atoms with E-state index in [4.69, 9.17) is 4.74 Å². The van der Waals surface area contributed by atoms with E-state index in [0.29, 0.717) is 5.92 Å². The van der Waals surface area contributed by atoms with E-state index in [2.05, 4.69) is 12.2 Å². The largest absolute Gasteiger partial charge is 0.462 e. The van der Waals surface area contributed by atoms with Gasteiger partial charge < -0.3 is 4.74 Å². The first-order chi connectivity index (χ1) is 6.63. The second-order valence-corrected chi connectivity index (χ2v) is 4.21. The predicted molar refractivity (Wildman–Crippen MR) is 55.0 cm³/mol. The average molecular weight is 198 g/mol. The second-order valence-electron chi connectivity index (χ2n) is 4.21. The standard InChI is InChI=1S/C11H20NO2/c1-4-9-5-6-12-10(7-9)11(13)14-8(2)3/h8-10H,4-7H2,1-3H3. The fourth-order valence-electron chi connectivity index (χ4n) is 1.77. The topological polar surface area (TPSA) is 40.4 Å². The Hall–Kier alpha value is -0.570. The fraction of sp³-hybridized carbons (Fsp3) is 0.909. The lowest BCUT2D eigenvalue weighted by molar-refractivity contribution is -0.151. The van der Waals surface area contributed by atoms with Crippen molar-refractivity contribution in [3.8, 4) is 0 Å². The summed E-state index contributed by atoms with van der Waals surface area (Å²) in [6.45, 7) is 6.73. The van der Waals surface area contributed by atoms with E-state index in [1.165, 1.54) is 0 Å². The minimum Gasteiger partial charge on any atom is -0.462 e. The van der Waals surface area contributed by atoms with Crippen molar-refractivity contribution in [3.05, 3.63) is 0 Å². The van der Waals surface area contributed by atoms with E-state index in [-0.39, 0.29) is 18.1 Å². The number of carbonyl (C=O) groups is 1. The molecule has 1 heterocycles. The zero-order chi connectivity index (χ0) is 10.6. The Balaban J connectivity index is 2.39. The molecule has 2 unspecified atom stereocenters. The van der Waals surface area contributed by atoms with Gasteiger partial charge in [0.25, 0.3) is 0 Å². The SMILES string of the molecule is CCC1CC[N]C(C(=O)OC(C)C)C1. The summed E-state index contributed by atoms with van der Waals surface area (Å²) >= 11 is 0. The third-order valence-electron chi connectivity index (χ3n) is 2.64. The van der Waals surface area contributed by atoms with Gasteiger partial charge in [0.15, 0.2) is 0 Å². The molecule has 14 heavy (non-hydrogen) atoms. The Kier molecular flexibility index (Phi) is 4.39. The van der Waals surface area contributed by atoms with Crippen LogP contribution in [-0.2, 0) is 9.53 Å². The third-order valence-corrected chi connectivity index (χ3v) is 2.64. The second kappa shape index (κ2) is 5.35. The van der Waals surface area contributed by atoms with Gasteiger partial charge in [-0.2, -0.15) is 0 Å². The molecule has 0 aliphatic carbocycles. The number of rotatable bonds is 3. The summed E-state index contributed by atoms with van der Waals surface area (Å²) in [7, 11) is 0. The summed E-state index contributed by atoms with van der Waals surface area (Å²) in [4.78, 5) is 11.6. The van der Waals surface area contributed by atoms with Crippen molar-refractivity contribution in [2.45, 2.75) is 52.2 Å². The van der Waals surface area contributed by atoms with Crippen LogP contribution in [0, 0.1) is 5.92 Å². The zero-order valence-electron chi connectivity index (χ0n) is 9.32. The molecule has 1 aliphatic rings. The van der Waals surface area contributed by atoms with Gasteiger partial charge in [-0.1, -0.05) is 13.3 Å². The lowest BCUT2D eigenvalue weighted by Gasteiger charge is -2.27. The number of esters is 1. The molecule has 0 bridgehead atoms. The van der Waals surface area contributed by atoms with Gasteiger partial charge >= 0.3 is 5.97 Å². The summed E-state index contributed by atoms with van der Waals surface area (Å²) in [6, 6.07) is -0.198. The summed E-state index contributed by atoms with van der Waals surface area (Å²) in [5.74, 6) is 0.510. The van der Waals surface area contributed by atoms with Crippen molar-refractivity contribution in [1.29, 1.82) is 0 Å². The monoisotopic (exact) mass is 198 g/mol. The highest BCUT2D eigenvalue weighted by Crippen LogP contribution is 2.21. The molecule has 0 spiro atoms. The molecular weight excluding hydrogens is 178 g/mol. The molecular formula is C11H20NO2. The molecule has 1 radical (unpaired) electrons. The van der Waals surface area contributed by atoms with E-state index in [0.717, 1.165) is 25.8 Å². The van der Waals surface area contributed by atoms with Gasteiger partial charge in [0, 0.05) is 6.54 Å². The average Bonchev–Trinajstić information content (AvgIpc) is 2.17. The predicted octanol–water partition coefficient (Wildman–Crippen LogP) is 1.73. The van der Waals surface area contributed by atoms with Crippen LogP contribution in [0.5, 0.6) is 0 Å². The molecule has 1 aliphatic heterocycles. The van der Waals surface area contributed by atoms with Crippen molar-refractivity contribution < 1.29 is 9.53 Å². The van der Waals surface area contributed by atoms with Crippen LogP contribution >= 0.6 is 0 Å². The molecule has 0 aromatic rings. The lowest BCUT2D eigenvalue weighted by Crippen LogP contribution is -2.40. The normalized spacial score (nSPS) is 27.7. The fourth-order valence-corrected chi connectivity index (χ4v) is 1.77. The van der Waals surface area contributed by atoms with Crippen LogP contribution in [-0.4, -0.2) is 24.7 Å². The smallest absolute Gasteiger partial charge is 0.325 e. The van der Waals surface area contributed by atoms with Gasteiger partial charge in [-0.3, -0.25) is 4.79 Å². The lowest BCUT2D eigenvalue weighted by atomic mass is 9.90. The van der Waals surface area contributed by atoms with E-state index in [1.54, 1.807) is 0 Å². The molecule has 1 fully saturated rings. The molecule has 0 amide bonds. The van der Waals surface area contributed by atoms with Crippen LogP contribution in [0.4, 0.5) is 0 Å². The minimum absolute atomic E-state index is 0.0281. The summed E-state index contributed by atoms with van der Waals surface area (Å²) in [5.41, 5.74) is 0. The molecule has 3 heteroatoms. The Morgan fingerprint density at radius 3 is 2.86 bits per heavy atom. The highest BCUT2D eigenvalue weighted by molar-refractivity contribution is 5.76. The molecule has 0 aromatic heterocycles.